The van der Waals surface area contributed by atoms with Gasteiger partial charge in [0.15, 0.2) is 5.58 Å². The first-order valence-corrected chi connectivity index (χ1v) is 12.3. The Bertz CT molecular complexity index is 1120. The van der Waals surface area contributed by atoms with Gasteiger partial charge in [-0.3, -0.25) is 0 Å². The third-order valence-corrected chi connectivity index (χ3v) is 7.20. The van der Waals surface area contributed by atoms with Gasteiger partial charge in [0.05, 0.1) is 10.6 Å². The monoisotopic (exact) mass is 445 g/mol. The topological polar surface area (TPSA) is 75.4 Å². The minimum absolute atomic E-state index is 0.322. The maximum absolute atomic E-state index is 13.2. The Morgan fingerprint density at radius 3 is 2.68 bits per heavy atom. The maximum atomic E-state index is 13.2. The highest BCUT2D eigenvalue weighted by Crippen LogP contribution is 2.22. The Kier molecular flexibility index (Phi) is 6.69. The number of aromatic nitrogens is 1. The van der Waals surface area contributed by atoms with Gasteiger partial charge in [-0.1, -0.05) is 30.6 Å². The highest BCUT2D eigenvalue weighted by molar-refractivity contribution is 7.89. The van der Waals surface area contributed by atoms with Crippen molar-refractivity contribution >= 4 is 21.0 Å². The first-order chi connectivity index (χ1) is 14.9. The Labute approximate surface area is 182 Å². The van der Waals surface area contributed by atoms with E-state index in [0.29, 0.717) is 22.9 Å². The smallest absolute Gasteiger partial charge is 0.240 e. The number of hydrogen-bond donors (Lipinski definition) is 1. The van der Waals surface area contributed by atoms with E-state index in [2.05, 4.69) is 21.7 Å². The van der Waals surface area contributed by atoms with E-state index in [9.17, 15) is 12.8 Å². The molecule has 31 heavy (non-hydrogen) atoms. The van der Waals surface area contributed by atoms with E-state index in [1.165, 1.54) is 12.1 Å². The third-order valence-electron chi connectivity index (χ3n) is 5.76. The van der Waals surface area contributed by atoms with Crippen LogP contribution in [0.15, 0.2) is 51.9 Å². The molecule has 0 aliphatic carbocycles. The summed E-state index contributed by atoms with van der Waals surface area (Å²) in [5, 5.41) is 4.92. The van der Waals surface area contributed by atoms with Crippen LogP contribution >= 0.6 is 0 Å². The lowest BCUT2D eigenvalue weighted by Crippen LogP contribution is -2.51. The summed E-state index contributed by atoms with van der Waals surface area (Å²) in [5.74, 6) is -0.00375. The van der Waals surface area contributed by atoms with E-state index in [4.69, 9.17) is 4.52 Å². The van der Waals surface area contributed by atoms with Crippen LogP contribution in [0.2, 0.25) is 0 Å². The second kappa shape index (κ2) is 9.46. The summed E-state index contributed by atoms with van der Waals surface area (Å²) < 4.78 is 46.2. The van der Waals surface area contributed by atoms with E-state index in [1.54, 1.807) is 18.2 Å². The first kappa shape index (κ1) is 21.9. The van der Waals surface area contributed by atoms with Crippen LogP contribution in [0.4, 0.5) is 4.39 Å². The van der Waals surface area contributed by atoms with E-state index in [-0.39, 0.29) is 5.82 Å². The Hall–Kier alpha value is -2.29. The molecule has 0 amide bonds. The van der Waals surface area contributed by atoms with E-state index in [1.807, 2.05) is 12.1 Å². The predicted molar refractivity (Wildman–Crippen MR) is 118 cm³/mol. The molecule has 166 valence electrons. The van der Waals surface area contributed by atoms with Gasteiger partial charge >= 0.3 is 0 Å². The molecule has 0 unspecified atom stereocenters. The number of hydrogen-bond acceptors (Lipinski definition) is 5. The van der Waals surface area contributed by atoms with Crippen molar-refractivity contribution in [1.82, 2.24) is 14.8 Å². The fourth-order valence-corrected chi connectivity index (χ4v) is 5.15. The zero-order valence-corrected chi connectivity index (χ0v) is 18.5. The largest absolute Gasteiger partial charge is 0.356 e. The van der Waals surface area contributed by atoms with Crippen LogP contribution in [0.1, 0.15) is 31.0 Å². The van der Waals surface area contributed by atoms with E-state index >= 15 is 0 Å². The number of nitrogens with zero attached hydrogens (tertiary/aromatic N) is 2. The Morgan fingerprint density at radius 1 is 1.16 bits per heavy atom. The number of aryl methyl sites for hydroxylation is 2. The van der Waals surface area contributed by atoms with Crippen LogP contribution in [0.3, 0.4) is 0 Å². The fourth-order valence-electron chi connectivity index (χ4n) is 4.04. The minimum atomic E-state index is -3.47. The van der Waals surface area contributed by atoms with Crippen LogP contribution in [0.25, 0.3) is 11.0 Å². The second-order valence-electron chi connectivity index (χ2n) is 8.24. The molecule has 0 saturated carbocycles. The molecule has 3 aromatic rings. The van der Waals surface area contributed by atoms with Gasteiger partial charge in [0, 0.05) is 31.1 Å². The van der Waals surface area contributed by atoms with Crippen LogP contribution in [0, 0.1) is 11.7 Å². The van der Waals surface area contributed by atoms with Crippen molar-refractivity contribution in [3.8, 4) is 0 Å². The van der Waals surface area contributed by atoms with Gasteiger partial charge in [0.1, 0.15) is 5.82 Å². The molecule has 1 aliphatic rings. The Balaban J connectivity index is 1.18. The van der Waals surface area contributed by atoms with Crippen LogP contribution in [0.5, 0.6) is 0 Å². The average molecular weight is 446 g/mol. The van der Waals surface area contributed by atoms with Gasteiger partial charge in [-0.15, -0.1) is 0 Å². The van der Waals surface area contributed by atoms with Gasteiger partial charge in [0.25, 0.3) is 0 Å². The molecule has 0 radical (unpaired) electrons. The van der Waals surface area contributed by atoms with Gasteiger partial charge in [0.2, 0.25) is 10.0 Å². The lowest BCUT2D eigenvalue weighted by atomic mass is 10.00. The molecule has 1 fully saturated rings. The molecule has 0 atom stereocenters. The standard InChI is InChI=1S/C23H28FN3O3S/c1-2-4-17-6-9-20(10-7-17)31(28,29)25-14-18-15-27(16-18)12-3-5-22-21-11-8-19(24)13-23(21)30-26-22/h6-11,13,18,25H,2-5,12,14-16H2,1H3. The molecular formula is C23H28FN3O3S. The number of sulfonamides is 1. The summed E-state index contributed by atoms with van der Waals surface area (Å²) >= 11 is 0. The Morgan fingerprint density at radius 2 is 1.94 bits per heavy atom. The average Bonchev–Trinajstić information content (AvgIpc) is 3.11. The van der Waals surface area contributed by atoms with E-state index in [0.717, 1.165) is 62.0 Å². The van der Waals surface area contributed by atoms with Crippen molar-refractivity contribution in [2.24, 2.45) is 5.92 Å². The van der Waals surface area contributed by atoms with Crippen molar-refractivity contribution in [1.29, 1.82) is 0 Å². The lowest BCUT2D eigenvalue weighted by molar-refractivity contribution is 0.102. The summed E-state index contributed by atoms with van der Waals surface area (Å²) in [7, 11) is -3.47. The lowest BCUT2D eigenvalue weighted by Gasteiger charge is -2.39. The zero-order chi connectivity index (χ0) is 21.8. The maximum Gasteiger partial charge on any atom is 0.240 e. The molecule has 2 heterocycles. The van der Waals surface area contributed by atoms with Crippen LogP contribution in [-0.4, -0.2) is 44.7 Å². The first-order valence-electron chi connectivity index (χ1n) is 10.8. The molecule has 1 saturated heterocycles. The molecule has 1 aliphatic heterocycles. The normalized spacial score (nSPS) is 15.4. The summed E-state index contributed by atoms with van der Waals surface area (Å²) in [4.78, 5) is 2.63. The number of halogens is 1. The van der Waals surface area contributed by atoms with Gasteiger partial charge in [-0.2, -0.15) is 0 Å². The minimum Gasteiger partial charge on any atom is -0.356 e. The van der Waals surface area contributed by atoms with Gasteiger partial charge in [-0.05, 0) is 61.6 Å². The second-order valence-corrected chi connectivity index (χ2v) is 10.0. The number of benzene rings is 2. The third kappa shape index (κ3) is 5.31. The SMILES string of the molecule is CCCc1ccc(S(=O)(=O)NCC2CN(CCCc3noc4cc(F)ccc34)C2)cc1. The number of likely N-dealkylation sites (tertiary alicyclic amines) is 1. The zero-order valence-electron chi connectivity index (χ0n) is 17.7. The number of fused-ring (bicyclic) bond motifs is 1. The fraction of sp³-hybridized carbons (Fsp3) is 0.435. The highest BCUT2D eigenvalue weighted by Gasteiger charge is 2.27. The van der Waals surface area contributed by atoms with E-state index < -0.39 is 10.0 Å². The molecular weight excluding hydrogens is 417 g/mol. The molecule has 2 aromatic carbocycles. The van der Waals surface area contributed by atoms with Gasteiger partial charge < -0.3 is 9.42 Å². The van der Waals surface area contributed by atoms with Gasteiger partial charge in [-0.25, -0.2) is 17.5 Å². The molecule has 8 heteroatoms. The molecule has 0 bridgehead atoms. The van der Waals surface area contributed by atoms with Crippen LogP contribution in [-0.2, 0) is 22.9 Å². The van der Waals surface area contributed by atoms with Crippen molar-refractivity contribution < 1.29 is 17.3 Å². The molecule has 1 aromatic heterocycles. The summed E-state index contributed by atoms with van der Waals surface area (Å²) in [5.41, 5.74) is 2.48. The molecule has 1 N–H and O–H groups in total. The van der Waals surface area contributed by atoms with Crippen LogP contribution < -0.4 is 4.72 Å². The van der Waals surface area contributed by atoms with Crippen molar-refractivity contribution in [3.63, 3.8) is 0 Å². The molecule has 6 nitrogen and oxygen atoms in total. The highest BCUT2D eigenvalue weighted by atomic mass is 32.2. The predicted octanol–water partition coefficient (Wildman–Crippen LogP) is 3.76. The number of nitrogens with one attached hydrogen (secondary N) is 1. The summed E-state index contributed by atoms with van der Waals surface area (Å²) in [6.45, 7) is 5.23. The number of rotatable bonds is 10. The van der Waals surface area contributed by atoms with Crippen molar-refractivity contribution in [3.05, 3.63) is 59.5 Å². The summed E-state index contributed by atoms with van der Waals surface area (Å²) in [6.07, 6.45) is 3.68. The summed E-state index contributed by atoms with van der Waals surface area (Å²) in [6, 6.07) is 11.6. The van der Waals surface area contributed by atoms with Crippen molar-refractivity contribution in [2.75, 3.05) is 26.2 Å². The molecule has 0 spiro atoms. The quantitative estimate of drug-likeness (QED) is 0.514. The van der Waals surface area contributed by atoms with Crippen molar-refractivity contribution in [2.45, 2.75) is 37.5 Å². The molecule has 4 rings (SSSR count).